The van der Waals surface area contributed by atoms with Crippen molar-refractivity contribution in [3.63, 3.8) is 0 Å². The maximum absolute atomic E-state index is 12.4. The van der Waals surface area contributed by atoms with E-state index in [2.05, 4.69) is 50.3 Å². The SMILES string of the molecule is CC/C=C\C/C=C\C/C=C\CCCCCCCCOCC(COP(=O)(O)OCCN)OC(=O)CCCCCCCCCC. The fourth-order valence-electron chi connectivity index (χ4n) is 4.36. The number of hydrogen-bond donors (Lipinski definition) is 2. The van der Waals surface area contributed by atoms with Crippen molar-refractivity contribution in [1.29, 1.82) is 0 Å². The van der Waals surface area contributed by atoms with Gasteiger partial charge in [0.15, 0.2) is 0 Å². The van der Waals surface area contributed by atoms with Gasteiger partial charge >= 0.3 is 13.8 Å². The third-order valence-corrected chi connectivity index (χ3v) is 7.81. The number of carbonyl (C=O) groups excluding carboxylic acids is 1. The third kappa shape index (κ3) is 31.9. The van der Waals surface area contributed by atoms with Crippen LogP contribution in [0.5, 0.6) is 0 Å². The molecule has 0 fully saturated rings. The van der Waals surface area contributed by atoms with Crippen LogP contribution >= 0.6 is 7.82 Å². The van der Waals surface area contributed by atoms with E-state index in [1.54, 1.807) is 0 Å². The second kappa shape index (κ2) is 32.1. The second-order valence-electron chi connectivity index (χ2n) is 11.0. The van der Waals surface area contributed by atoms with Gasteiger partial charge in [0, 0.05) is 19.6 Å². The first-order valence-electron chi connectivity index (χ1n) is 17.0. The first-order chi connectivity index (χ1) is 20.9. The molecule has 0 bridgehead atoms. The number of phosphoric ester groups is 1. The van der Waals surface area contributed by atoms with Crippen LogP contribution < -0.4 is 5.73 Å². The Morgan fingerprint density at radius 3 is 1.95 bits per heavy atom. The van der Waals surface area contributed by atoms with E-state index in [1.165, 1.54) is 51.4 Å². The Hall–Kier alpha value is -1.28. The summed E-state index contributed by atoms with van der Waals surface area (Å²) in [6.07, 6.45) is 33.1. The van der Waals surface area contributed by atoms with Crippen molar-refractivity contribution in [3.05, 3.63) is 36.5 Å². The zero-order chi connectivity index (χ0) is 31.7. The van der Waals surface area contributed by atoms with Gasteiger partial charge in [0.2, 0.25) is 0 Å². The number of nitrogens with two attached hydrogens (primary N) is 1. The summed E-state index contributed by atoms with van der Waals surface area (Å²) in [5.41, 5.74) is 5.33. The maximum Gasteiger partial charge on any atom is 0.472 e. The highest BCUT2D eigenvalue weighted by Gasteiger charge is 2.25. The Labute approximate surface area is 263 Å². The molecule has 3 N–H and O–H groups in total. The molecule has 252 valence electrons. The molecule has 9 heteroatoms. The second-order valence-corrected chi connectivity index (χ2v) is 12.5. The number of phosphoric acid groups is 1. The predicted octanol–water partition coefficient (Wildman–Crippen LogP) is 9.13. The standard InChI is InChI=1S/C34H64NO7P/c1-3-5-7-9-11-13-14-15-16-17-18-19-20-22-24-26-29-39-31-33(32-41-43(37,38)40-30-28-35)42-34(36)27-25-23-21-12-10-8-6-4-2/h5,7,11,13,15-16,33H,3-4,6,8-10,12,14,17-32,35H2,1-2H3,(H,37,38)/b7-5-,13-11-,16-15-. The number of ether oxygens (including phenoxy) is 2. The quantitative estimate of drug-likeness (QED) is 0.0327. The predicted molar refractivity (Wildman–Crippen MR) is 178 cm³/mol. The maximum atomic E-state index is 12.4. The summed E-state index contributed by atoms with van der Waals surface area (Å²) in [5, 5.41) is 0. The lowest BCUT2D eigenvalue weighted by atomic mass is 10.1. The smallest absolute Gasteiger partial charge is 0.457 e. The Kier molecular flexibility index (Phi) is 31.2. The largest absolute Gasteiger partial charge is 0.472 e. The van der Waals surface area contributed by atoms with Crippen molar-refractivity contribution in [2.75, 3.05) is 33.0 Å². The average Bonchev–Trinajstić information content (AvgIpc) is 2.99. The number of hydrogen-bond acceptors (Lipinski definition) is 7. The first kappa shape index (κ1) is 41.7. The monoisotopic (exact) mass is 629 g/mol. The van der Waals surface area contributed by atoms with Crippen molar-refractivity contribution in [2.45, 2.75) is 142 Å². The molecule has 0 aromatic rings. The van der Waals surface area contributed by atoms with E-state index in [4.69, 9.17) is 24.3 Å². The van der Waals surface area contributed by atoms with E-state index in [-0.39, 0.29) is 32.3 Å². The van der Waals surface area contributed by atoms with Crippen LogP contribution in [0.1, 0.15) is 136 Å². The Morgan fingerprint density at radius 1 is 0.721 bits per heavy atom. The number of allylic oxidation sites excluding steroid dienone is 6. The van der Waals surface area contributed by atoms with Crippen molar-refractivity contribution < 1.29 is 32.8 Å². The topological polar surface area (TPSA) is 117 Å². The van der Waals surface area contributed by atoms with Crippen LogP contribution in [0.3, 0.4) is 0 Å². The molecule has 0 aliphatic heterocycles. The van der Waals surface area contributed by atoms with E-state index in [0.717, 1.165) is 64.2 Å². The highest BCUT2D eigenvalue weighted by Crippen LogP contribution is 2.43. The molecule has 0 aromatic carbocycles. The average molecular weight is 630 g/mol. The minimum Gasteiger partial charge on any atom is -0.457 e. The van der Waals surface area contributed by atoms with Crippen LogP contribution in [0.2, 0.25) is 0 Å². The molecule has 2 atom stereocenters. The van der Waals surface area contributed by atoms with Crippen LogP contribution in [-0.2, 0) is 27.9 Å². The number of esters is 1. The van der Waals surface area contributed by atoms with Crippen LogP contribution in [-0.4, -0.2) is 49.9 Å². The van der Waals surface area contributed by atoms with Gasteiger partial charge in [-0.1, -0.05) is 121 Å². The van der Waals surface area contributed by atoms with Crippen LogP contribution in [0.25, 0.3) is 0 Å². The molecule has 0 aliphatic carbocycles. The van der Waals surface area contributed by atoms with E-state index in [0.29, 0.717) is 13.0 Å². The third-order valence-electron chi connectivity index (χ3n) is 6.82. The fourth-order valence-corrected chi connectivity index (χ4v) is 5.13. The van der Waals surface area contributed by atoms with E-state index >= 15 is 0 Å². The molecule has 2 unspecified atom stereocenters. The number of unbranched alkanes of at least 4 members (excludes halogenated alkanes) is 13. The van der Waals surface area contributed by atoms with Gasteiger partial charge in [0.25, 0.3) is 0 Å². The van der Waals surface area contributed by atoms with Gasteiger partial charge in [-0.3, -0.25) is 13.8 Å². The van der Waals surface area contributed by atoms with Crippen LogP contribution in [0, 0.1) is 0 Å². The van der Waals surface area contributed by atoms with Crippen LogP contribution in [0.15, 0.2) is 36.5 Å². The summed E-state index contributed by atoms with van der Waals surface area (Å²) in [7, 11) is -4.26. The number of carbonyl (C=O) groups is 1. The zero-order valence-corrected chi connectivity index (χ0v) is 28.3. The Bertz CT molecular complexity index is 757. The van der Waals surface area contributed by atoms with E-state index in [1.807, 2.05) is 0 Å². The van der Waals surface area contributed by atoms with Crippen LogP contribution in [0.4, 0.5) is 0 Å². The Balaban J connectivity index is 4.11. The molecule has 8 nitrogen and oxygen atoms in total. The molecule has 0 saturated carbocycles. The lowest BCUT2D eigenvalue weighted by Gasteiger charge is -2.20. The van der Waals surface area contributed by atoms with Gasteiger partial charge in [-0.2, -0.15) is 0 Å². The van der Waals surface area contributed by atoms with Crippen molar-refractivity contribution in [2.24, 2.45) is 5.73 Å². The van der Waals surface area contributed by atoms with E-state index in [9.17, 15) is 14.3 Å². The molecule has 0 radical (unpaired) electrons. The normalized spacial score (nSPS) is 14.2. The lowest BCUT2D eigenvalue weighted by molar-refractivity contribution is -0.154. The highest BCUT2D eigenvalue weighted by atomic mass is 31.2. The summed E-state index contributed by atoms with van der Waals surface area (Å²) < 4.78 is 33.1. The minimum absolute atomic E-state index is 0.0977. The van der Waals surface area contributed by atoms with Gasteiger partial charge in [0.05, 0.1) is 19.8 Å². The van der Waals surface area contributed by atoms with Gasteiger partial charge < -0.3 is 20.1 Å². The molecule has 0 aliphatic rings. The van der Waals surface area contributed by atoms with Crippen molar-refractivity contribution >= 4 is 13.8 Å². The molecule has 0 amide bonds. The molecular weight excluding hydrogens is 565 g/mol. The highest BCUT2D eigenvalue weighted by molar-refractivity contribution is 7.47. The first-order valence-corrected chi connectivity index (χ1v) is 18.5. The van der Waals surface area contributed by atoms with Gasteiger partial charge in [0.1, 0.15) is 6.10 Å². The molecule has 43 heavy (non-hydrogen) atoms. The molecule has 0 rings (SSSR count). The number of rotatable bonds is 32. The fraction of sp³-hybridized carbons (Fsp3) is 0.794. The zero-order valence-electron chi connectivity index (χ0n) is 27.4. The van der Waals surface area contributed by atoms with Gasteiger partial charge in [-0.15, -0.1) is 0 Å². The summed E-state index contributed by atoms with van der Waals surface area (Å²) in [6.45, 7) is 4.73. The minimum atomic E-state index is -4.26. The summed E-state index contributed by atoms with van der Waals surface area (Å²) in [4.78, 5) is 22.2. The van der Waals surface area contributed by atoms with Crippen molar-refractivity contribution in [1.82, 2.24) is 0 Å². The molecule has 0 heterocycles. The lowest BCUT2D eigenvalue weighted by Crippen LogP contribution is -2.28. The van der Waals surface area contributed by atoms with Crippen molar-refractivity contribution in [3.8, 4) is 0 Å². The van der Waals surface area contributed by atoms with Gasteiger partial charge in [-0.05, 0) is 44.9 Å². The summed E-state index contributed by atoms with van der Waals surface area (Å²) >= 11 is 0. The molecular formula is C34H64NO7P. The summed E-state index contributed by atoms with van der Waals surface area (Å²) in [6, 6.07) is 0. The molecule has 0 saturated heterocycles. The molecule has 0 spiro atoms. The Morgan fingerprint density at radius 2 is 1.30 bits per heavy atom. The summed E-state index contributed by atoms with van der Waals surface area (Å²) in [5.74, 6) is -0.343. The molecule has 0 aromatic heterocycles. The van der Waals surface area contributed by atoms with E-state index < -0.39 is 13.9 Å². The van der Waals surface area contributed by atoms with Gasteiger partial charge in [-0.25, -0.2) is 4.57 Å².